The van der Waals surface area contributed by atoms with E-state index in [1.165, 1.54) is 32.1 Å². The quantitative estimate of drug-likeness (QED) is 0.618. The fourth-order valence-corrected chi connectivity index (χ4v) is 3.15. The summed E-state index contributed by atoms with van der Waals surface area (Å²) in [5, 5.41) is 3.38. The number of hydrogen-bond acceptors (Lipinski definition) is 2. The van der Waals surface area contributed by atoms with Gasteiger partial charge < -0.3 is 5.32 Å². The van der Waals surface area contributed by atoms with Gasteiger partial charge in [0, 0.05) is 17.8 Å². The number of aromatic nitrogens is 1. The third-order valence-electron chi connectivity index (χ3n) is 4.22. The lowest BCUT2D eigenvalue weighted by Crippen LogP contribution is -2.25. The van der Waals surface area contributed by atoms with E-state index < -0.39 is 0 Å². The second kappa shape index (κ2) is 7.79. The van der Waals surface area contributed by atoms with Gasteiger partial charge in [0.05, 0.1) is 0 Å². The molecule has 0 saturated heterocycles. The molecule has 0 radical (unpaired) electrons. The van der Waals surface area contributed by atoms with Crippen LogP contribution in [0.25, 0.3) is 0 Å². The van der Waals surface area contributed by atoms with Crippen LogP contribution in [-0.4, -0.2) is 17.4 Å². The van der Waals surface area contributed by atoms with E-state index in [1.54, 1.807) is 6.07 Å². The van der Waals surface area contributed by atoms with Gasteiger partial charge >= 0.3 is 0 Å². The lowest BCUT2D eigenvalue weighted by Gasteiger charge is -2.11. The van der Waals surface area contributed by atoms with Crippen LogP contribution in [0.2, 0.25) is 5.15 Å². The van der Waals surface area contributed by atoms with Gasteiger partial charge in [-0.2, -0.15) is 0 Å². The van der Waals surface area contributed by atoms with Crippen LogP contribution >= 0.6 is 11.6 Å². The number of carbonyl (C=O) groups is 1. The molecule has 1 aromatic heterocycles. The first-order chi connectivity index (χ1) is 10.1. The number of nitrogens with zero attached hydrogens (tertiary/aromatic N) is 1. The molecule has 0 aromatic carbocycles. The molecule has 21 heavy (non-hydrogen) atoms. The Morgan fingerprint density at radius 3 is 2.76 bits per heavy atom. The van der Waals surface area contributed by atoms with E-state index >= 15 is 0 Å². The Hall–Kier alpha value is -1.09. The molecule has 1 fully saturated rings. The molecule has 4 heteroatoms. The summed E-state index contributed by atoms with van der Waals surface area (Å²) in [6, 6.07) is 3.47. The van der Waals surface area contributed by atoms with Gasteiger partial charge in [-0.15, -0.1) is 0 Å². The Morgan fingerprint density at radius 2 is 2.10 bits per heavy atom. The van der Waals surface area contributed by atoms with Crippen molar-refractivity contribution in [2.45, 2.75) is 58.3 Å². The smallest absolute Gasteiger partial charge is 0.251 e. The summed E-state index contributed by atoms with van der Waals surface area (Å²) in [5.41, 5.74) is 1.47. The molecule has 0 unspecified atom stereocenters. The number of carbonyl (C=O) groups excluding carboxylic acids is 1. The molecule has 0 atom stereocenters. The second-order valence-electron chi connectivity index (χ2n) is 6.31. The van der Waals surface area contributed by atoms with E-state index in [0.29, 0.717) is 10.7 Å². The second-order valence-corrected chi connectivity index (χ2v) is 6.69. The number of pyridine rings is 1. The Balaban J connectivity index is 1.82. The van der Waals surface area contributed by atoms with Crippen LogP contribution < -0.4 is 5.32 Å². The number of nitrogens with one attached hydrogen (secondary N) is 1. The van der Waals surface area contributed by atoms with Crippen molar-refractivity contribution in [1.82, 2.24) is 10.3 Å². The van der Waals surface area contributed by atoms with Crippen molar-refractivity contribution in [3.05, 3.63) is 28.5 Å². The maximum Gasteiger partial charge on any atom is 0.251 e. The number of rotatable bonds is 6. The number of halogens is 1. The average Bonchev–Trinajstić information content (AvgIpc) is 2.95. The largest absolute Gasteiger partial charge is 0.352 e. The highest BCUT2D eigenvalue weighted by Crippen LogP contribution is 2.28. The van der Waals surface area contributed by atoms with E-state index in [-0.39, 0.29) is 11.8 Å². The van der Waals surface area contributed by atoms with E-state index in [2.05, 4.69) is 10.3 Å². The molecule has 0 aliphatic heterocycles. The maximum atomic E-state index is 12.2. The van der Waals surface area contributed by atoms with Crippen LogP contribution in [0.4, 0.5) is 0 Å². The van der Waals surface area contributed by atoms with Crippen LogP contribution in [-0.2, 0) is 0 Å². The molecule has 3 nitrogen and oxygen atoms in total. The fourth-order valence-electron chi connectivity index (χ4n) is 2.94. The Morgan fingerprint density at radius 1 is 1.38 bits per heavy atom. The van der Waals surface area contributed by atoms with Crippen LogP contribution in [0.3, 0.4) is 0 Å². The lowest BCUT2D eigenvalue weighted by atomic mass is 10.0. The molecule has 1 aliphatic carbocycles. The van der Waals surface area contributed by atoms with Crippen molar-refractivity contribution < 1.29 is 4.79 Å². The SMILES string of the molecule is CC(C)c1cc(C(=O)NCCCC2CCCC2)cc(Cl)n1. The normalized spacial score (nSPS) is 15.6. The number of amides is 1. The molecule has 1 amide bonds. The van der Waals surface area contributed by atoms with Gasteiger partial charge in [0.15, 0.2) is 0 Å². The summed E-state index contributed by atoms with van der Waals surface area (Å²) < 4.78 is 0. The Kier molecular flexibility index (Phi) is 6.04. The van der Waals surface area contributed by atoms with Gasteiger partial charge in [-0.1, -0.05) is 51.1 Å². The summed E-state index contributed by atoms with van der Waals surface area (Å²) in [7, 11) is 0. The fraction of sp³-hybridized carbons (Fsp3) is 0.647. The molecule has 0 spiro atoms. The van der Waals surface area contributed by atoms with Gasteiger partial charge in [0.25, 0.3) is 5.91 Å². The summed E-state index contributed by atoms with van der Waals surface area (Å²) >= 11 is 5.99. The van der Waals surface area contributed by atoms with Crippen molar-refractivity contribution in [1.29, 1.82) is 0 Å². The van der Waals surface area contributed by atoms with Crippen LogP contribution in [0.5, 0.6) is 0 Å². The molecule has 116 valence electrons. The zero-order valence-corrected chi connectivity index (χ0v) is 13.7. The zero-order chi connectivity index (χ0) is 15.2. The lowest BCUT2D eigenvalue weighted by molar-refractivity contribution is 0.0952. The summed E-state index contributed by atoms with van der Waals surface area (Å²) in [6.07, 6.45) is 7.78. The minimum absolute atomic E-state index is 0.0485. The molecular formula is C17H25ClN2O. The Labute approximate surface area is 132 Å². The van der Waals surface area contributed by atoms with Gasteiger partial charge in [-0.25, -0.2) is 4.98 Å². The summed E-state index contributed by atoms with van der Waals surface area (Å²) in [4.78, 5) is 16.4. The van der Waals surface area contributed by atoms with Gasteiger partial charge in [0.1, 0.15) is 5.15 Å². The molecule has 2 rings (SSSR count). The summed E-state index contributed by atoms with van der Waals surface area (Å²) in [6.45, 7) is 4.83. The minimum Gasteiger partial charge on any atom is -0.352 e. The van der Waals surface area contributed by atoms with E-state index in [0.717, 1.165) is 24.6 Å². The van der Waals surface area contributed by atoms with E-state index in [4.69, 9.17) is 11.6 Å². The molecule has 1 saturated carbocycles. The van der Waals surface area contributed by atoms with Crippen LogP contribution in [0.15, 0.2) is 12.1 Å². The van der Waals surface area contributed by atoms with E-state index in [1.807, 2.05) is 19.9 Å². The van der Waals surface area contributed by atoms with Crippen molar-refractivity contribution in [3.8, 4) is 0 Å². The predicted molar refractivity (Wildman–Crippen MR) is 86.9 cm³/mol. The third kappa shape index (κ3) is 4.99. The maximum absolute atomic E-state index is 12.2. The van der Waals surface area contributed by atoms with Crippen molar-refractivity contribution in [2.75, 3.05) is 6.54 Å². The monoisotopic (exact) mass is 308 g/mol. The van der Waals surface area contributed by atoms with Crippen LogP contribution in [0.1, 0.15) is 74.3 Å². The van der Waals surface area contributed by atoms with Crippen molar-refractivity contribution in [3.63, 3.8) is 0 Å². The first-order valence-electron chi connectivity index (χ1n) is 8.02. The first kappa shape index (κ1) is 16.3. The molecule has 1 aliphatic rings. The van der Waals surface area contributed by atoms with Crippen molar-refractivity contribution in [2.24, 2.45) is 5.92 Å². The minimum atomic E-state index is -0.0485. The predicted octanol–water partition coefficient (Wildman–Crippen LogP) is 4.56. The summed E-state index contributed by atoms with van der Waals surface area (Å²) in [5.74, 6) is 1.09. The third-order valence-corrected chi connectivity index (χ3v) is 4.41. The molecule has 1 N–H and O–H groups in total. The van der Waals surface area contributed by atoms with Gasteiger partial charge in [-0.05, 0) is 36.8 Å². The van der Waals surface area contributed by atoms with Crippen molar-refractivity contribution >= 4 is 17.5 Å². The number of hydrogen-bond donors (Lipinski definition) is 1. The van der Waals surface area contributed by atoms with E-state index in [9.17, 15) is 4.79 Å². The highest BCUT2D eigenvalue weighted by atomic mass is 35.5. The highest BCUT2D eigenvalue weighted by molar-refractivity contribution is 6.29. The topological polar surface area (TPSA) is 42.0 Å². The molecule has 1 aromatic rings. The standard InChI is InChI=1S/C17H25ClN2O/c1-12(2)15-10-14(11-16(18)20-15)17(21)19-9-5-8-13-6-3-4-7-13/h10-13H,3-9H2,1-2H3,(H,19,21). The van der Waals surface area contributed by atoms with Crippen LogP contribution in [0, 0.1) is 5.92 Å². The molecular weight excluding hydrogens is 284 g/mol. The van der Waals surface area contributed by atoms with Gasteiger partial charge in [-0.3, -0.25) is 4.79 Å². The molecule has 1 heterocycles. The average molecular weight is 309 g/mol. The van der Waals surface area contributed by atoms with Gasteiger partial charge in [0.2, 0.25) is 0 Å². The zero-order valence-electron chi connectivity index (χ0n) is 13.0. The first-order valence-corrected chi connectivity index (χ1v) is 8.39. The highest BCUT2D eigenvalue weighted by Gasteiger charge is 2.15. The Bertz CT molecular complexity index is 482. The molecule has 0 bridgehead atoms.